The van der Waals surface area contributed by atoms with Gasteiger partial charge in [0.05, 0.1) is 5.52 Å². The van der Waals surface area contributed by atoms with E-state index in [-0.39, 0.29) is 4.90 Å². The second-order valence-electron chi connectivity index (χ2n) is 6.24. The molecule has 1 aliphatic heterocycles. The fraction of sp³-hybridized carbons (Fsp3) is 0.375. The second-order valence-corrected chi connectivity index (χ2v) is 8.11. The Labute approximate surface area is 149 Å². The number of hydrogen-bond acceptors (Lipinski definition) is 7. The summed E-state index contributed by atoms with van der Waals surface area (Å²) in [6, 6.07) is 5.44. The maximum atomic E-state index is 12.9. The van der Waals surface area contributed by atoms with Crippen LogP contribution in [0.25, 0.3) is 11.1 Å². The molecule has 2 aromatic heterocycles. The number of aromatic amines is 1. The highest BCUT2D eigenvalue weighted by molar-refractivity contribution is 7.89. The first kappa shape index (κ1) is 16.9. The van der Waals surface area contributed by atoms with E-state index >= 15 is 0 Å². The normalized spacial score (nSPS) is 16.5. The number of rotatable bonds is 3. The molecule has 0 saturated carbocycles. The summed E-state index contributed by atoms with van der Waals surface area (Å²) in [5.74, 6) is -0.189. The average molecular weight is 378 g/mol. The van der Waals surface area contributed by atoms with Crippen molar-refractivity contribution in [2.24, 2.45) is 0 Å². The molecule has 26 heavy (non-hydrogen) atoms. The molecule has 4 rings (SSSR count). The molecular weight excluding hydrogens is 360 g/mol. The minimum atomic E-state index is -3.63. The van der Waals surface area contributed by atoms with Gasteiger partial charge in [-0.25, -0.2) is 13.2 Å². The lowest BCUT2D eigenvalue weighted by Gasteiger charge is -2.35. The summed E-state index contributed by atoms with van der Waals surface area (Å²) in [6.45, 7) is 4.98. The zero-order valence-electron chi connectivity index (χ0n) is 14.4. The van der Waals surface area contributed by atoms with Crippen LogP contribution in [0.1, 0.15) is 11.5 Å². The topological polar surface area (TPSA) is 113 Å². The van der Waals surface area contributed by atoms with E-state index in [2.05, 4.69) is 15.0 Å². The number of sulfonamides is 1. The first-order valence-corrected chi connectivity index (χ1v) is 9.61. The molecule has 1 saturated heterocycles. The van der Waals surface area contributed by atoms with Crippen molar-refractivity contribution in [1.82, 2.24) is 14.4 Å². The maximum Gasteiger partial charge on any atom is 0.417 e. The minimum Gasteiger partial charge on any atom is -0.408 e. The fourth-order valence-corrected chi connectivity index (χ4v) is 5.00. The van der Waals surface area contributed by atoms with Crippen LogP contribution >= 0.6 is 0 Å². The van der Waals surface area contributed by atoms with Crippen molar-refractivity contribution in [2.75, 3.05) is 31.1 Å². The number of nitrogens with one attached hydrogen (secondary N) is 1. The summed E-state index contributed by atoms with van der Waals surface area (Å²) in [6.07, 6.45) is 0. The van der Waals surface area contributed by atoms with Crippen LogP contribution in [-0.4, -0.2) is 49.0 Å². The molecule has 10 heteroatoms. The van der Waals surface area contributed by atoms with Gasteiger partial charge in [-0.05, 0) is 26.0 Å². The Kier molecular flexibility index (Phi) is 3.88. The van der Waals surface area contributed by atoms with Crippen molar-refractivity contribution in [3.05, 3.63) is 40.2 Å². The third kappa shape index (κ3) is 2.71. The van der Waals surface area contributed by atoms with Gasteiger partial charge in [0.15, 0.2) is 11.3 Å². The van der Waals surface area contributed by atoms with Gasteiger partial charge in [0.2, 0.25) is 10.0 Å². The number of anilines is 1. The molecule has 0 amide bonds. The number of piperazine rings is 1. The SMILES string of the molecule is Cc1noc(C)c1S(=O)(=O)N1CCN(c2ccc3[nH]c(=O)oc3c2)CC1. The molecule has 138 valence electrons. The van der Waals surface area contributed by atoms with Crippen molar-refractivity contribution in [2.45, 2.75) is 18.7 Å². The molecule has 0 radical (unpaired) electrons. The number of fused-ring (bicyclic) bond motifs is 1. The van der Waals surface area contributed by atoms with E-state index in [1.165, 1.54) is 4.31 Å². The fourth-order valence-electron chi connectivity index (χ4n) is 3.29. The lowest BCUT2D eigenvalue weighted by atomic mass is 10.2. The Morgan fingerprint density at radius 1 is 1.15 bits per heavy atom. The molecular formula is C16H18N4O5S. The highest BCUT2D eigenvalue weighted by atomic mass is 32.2. The van der Waals surface area contributed by atoms with Gasteiger partial charge in [0.25, 0.3) is 0 Å². The van der Waals surface area contributed by atoms with Crippen molar-refractivity contribution >= 4 is 26.8 Å². The zero-order chi connectivity index (χ0) is 18.5. The van der Waals surface area contributed by atoms with Crippen LogP contribution in [0.5, 0.6) is 0 Å². The Balaban J connectivity index is 1.54. The molecule has 0 unspecified atom stereocenters. The Morgan fingerprint density at radius 3 is 2.54 bits per heavy atom. The molecule has 1 N–H and O–H groups in total. The Bertz CT molecular complexity index is 1100. The molecule has 0 spiro atoms. The van der Waals surface area contributed by atoms with Gasteiger partial charge in [0.1, 0.15) is 10.6 Å². The summed E-state index contributed by atoms with van der Waals surface area (Å²) in [5, 5.41) is 3.74. The van der Waals surface area contributed by atoms with Crippen molar-refractivity contribution < 1.29 is 17.4 Å². The van der Waals surface area contributed by atoms with E-state index in [1.807, 2.05) is 6.07 Å². The highest BCUT2D eigenvalue weighted by Gasteiger charge is 2.33. The van der Waals surface area contributed by atoms with E-state index in [0.717, 1.165) is 5.69 Å². The van der Waals surface area contributed by atoms with Crippen LogP contribution < -0.4 is 10.7 Å². The first-order valence-electron chi connectivity index (χ1n) is 8.17. The van der Waals surface area contributed by atoms with E-state index in [9.17, 15) is 13.2 Å². The number of hydrogen-bond donors (Lipinski definition) is 1. The van der Waals surface area contributed by atoms with Crippen molar-refractivity contribution in [3.63, 3.8) is 0 Å². The molecule has 3 heterocycles. The summed E-state index contributed by atoms with van der Waals surface area (Å²) >= 11 is 0. The van der Waals surface area contributed by atoms with Crippen LogP contribution in [0.15, 0.2) is 36.8 Å². The first-order chi connectivity index (χ1) is 12.4. The van der Waals surface area contributed by atoms with E-state index < -0.39 is 15.8 Å². The molecule has 9 nitrogen and oxygen atoms in total. The van der Waals surface area contributed by atoms with E-state index in [4.69, 9.17) is 8.94 Å². The molecule has 1 fully saturated rings. The van der Waals surface area contributed by atoms with Crippen LogP contribution in [0.4, 0.5) is 5.69 Å². The Hall–Kier alpha value is -2.59. The smallest absolute Gasteiger partial charge is 0.408 e. The number of oxazole rings is 1. The number of benzene rings is 1. The van der Waals surface area contributed by atoms with Crippen LogP contribution in [0, 0.1) is 13.8 Å². The number of nitrogens with zero attached hydrogens (tertiary/aromatic N) is 3. The molecule has 0 aliphatic carbocycles. The van der Waals surface area contributed by atoms with Gasteiger partial charge in [-0.3, -0.25) is 4.98 Å². The second kappa shape index (κ2) is 5.99. The maximum absolute atomic E-state index is 12.9. The monoisotopic (exact) mass is 378 g/mol. The van der Waals surface area contributed by atoms with Crippen LogP contribution in [0.2, 0.25) is 0 Å². The van der Waals surface area contributed by atoms with Gasteiger partial charge in [-0.15, -0.1) is 0 Å². The summed E-state index contributed by atoms with van der Waals surface area (Å²) < 4.78 is 37.3. The number of aryl methyl sites for hydroxylation is 2. The third-order valence-corrected chi connectivity index (χ3v) is 6.72. The summed E-state index contributed by atoms with van der Waals surface area (Å²) in [7, 11) is -3.63. The van der Waals surface area contributed by atoms with Gasteiger partial charge < -0.3 is 13.8 Å². The van der Waals surface area contributed by atoms with Gasteiger partial charge in [-0.1, -0.05) is 5.16 Å². The largest absolute Gasteiger partial charge is 0.417 e. The van der Waals surface area contributed by atoms with Crippen molar-refractivity contribution in [3.8, 4) is 0 Å². The standard InChI is InChI=1S/C16H18N4O5S/c1-10-15(11(2)25-18-10)26(22,23)20-7-5-19(6-8-20)12-3-4-13-14(9-12)24-16(21)17-13/h3-4,9H,5-8H2,1-2H3,(H,17,21). The Morgan fingerprint density at radius 2 is 1.88 bits per heavy atom. The molecule has 1 aromatic carbocycles. The van der Waals surface area contributed by atoms with E-state index in [0.29, 0.717) is 48.7 Å². The predicted octanol–water partition coefficient (Wildman–Crippen LogP) is 1.24. The average Bonchev–Trinajstić information content (AvgIpc) is 3.15. The predicted molar refractivity (Wildman–Crippen MR) is 93.8 cm³/mol. The van der Waals surface area contributed by atoms with Crippen molar-refractivity contribution in [1.29, 1.82) is 0 Å². The zero-order valence-corrected chi connectivity index (χ0v) is 15.2. The quantitative estimate of drug-likeness (QED) is 0.729. The van der Waals surface area contributed by atoms with Gasteiger partial charge in [-0.2, -0.15) is 4.31 Å². The van der Waals surface area contributed by atoms with E-state index in [1.54, 1.807) is 26.0 Å². The van der Waals surface area contributed by atoms with Gasteiger partial charge in [0, 0.05) is 37.9 Å². The minimum absolute atomic E-state index is 0.154. The molecule has 0 bridgehead atoms. The molecule has 0 atom stereocenters. The van der Waals surface area contributed by atoms with Crippen LogP contribution in [-0.2, 0) is 10.0 Å². The summed E-state index contributed by atoms with van der Waals surface area (Å²) in [4.78, 5) is 16.1. The number of aromatic nitrogens is 2. The molecule has 1 aliphatic rings. The van der Waals surface area contributed by atoms with Gasteiger partial charge >= 0.3 is 5.76 Å². The van der Waals surface area contributed by atoms with Crippen LogP contribution in [0.3, 0.4) is 0 Å². The third-order valence-electron chi connectivity index (χ3n) is 4.57. The lowest BCUT2D eigenvalue weighted by molar-refractivity contribution is 0.378. The highest BCUT2D eigenvalue weighted by Crippen LogP contribution is 2.26. The number of H-pyrrole nitrogens is 1. The lowest BCUT2D eigenvalue weighted by Crippen LogP contribution is -2.48. The molecule has 3 aromatic rings. The summed E-state index contributed by atoms with van der Waals surface area (Å²) in [5.41, 5.74) is 2.38.